The zero-order valence-corrected chi connectivity index (χ0v) is 13.6. The number of aryl methyl sites for hydroxylation is 2. The molecule has 0 N–H and O–H groups in total. The summed E-state index contributed by atoms with van der Waals surface area (Å²) in [5, 5.41) is 5.46. The molecule has 2 rings (SSSR count). The highest BCUT2D eigenvalue weighted by Gasteiger charge is 2.09. The van der Waals surface area contributed by atoms with Gasteiger partial charge in [-0.25, -0.2) is 4.79 Å². The molecule has 0 saturated carbocycles. The number of thiophene rings is 1. The van der Waals surface area contributed by atoms with Crippen molar-refractivity contribution in [3.63, 3.8) is 0 Å². The molecule has 6 heteroatoms. The highest BCUT2D eigenvalue weighted by atomic mass is 32.1. The summed E-state index contributed by atoms with van der Waals surface area (Å²) >= 11 is 1.51. The average molecular weight is 327 g/mol. The quantitative estimate of drug-likeness (QED) is 0.242. The Morgan fingerprint density at radius 3 is 2.74 bits per heavy atom. The van der Waals surface area contributed by atoms with Crippen LogP contribution in [0.4, 0.5) is 0 Å². The van der Waals surface area contributed by atoms with Gasteiger partial charge in [-0.1, -0.05) is 35.4 Å². The Balaban J connectivity index is 2.06. The molecule has 0 spiro atoms. The molecule has 23 heavy (non-hydrogen) atoms. The first-order valence-electron chi connectivity index (χ1n) is 7.28. The van der Waals surface area contributed by atoms with Gasteiger partial charge in [-0.2, -0.15) is 0 Å². The lowest BCUT2D eigenvalue weighted by atomic mass is 10.1. The van der Waals surface area contributed by atoms with Gasteiger partial charge < -0.3 is 4.74 Å². The third kappa shape index (κ3) is 5.29. The number of esters is 1. The van der Waals surface area contributed by atoms with E-state index >= 15 is 0 Å². The normalized spacial score (nSPS) is 10.9. The number of hydrogen-bond acceptors (Lipinski definition) is 4. The molecule has 0 amide bonds. The Kier molecular flexibility index (Phi) is 6.41. The first-order chi connectivity index (χ1) is 11.2. The maximum Gasteiger partial charge on any atom is 0.340 e. The van der Waals surface area contributed by atoms with E-state index in [0.29, 0.717) is 0 Å². The van der Waals surface area contributed by atoms with Crippen LogP contribution in [-0.4, -0.2) is 12.6 Å². The fourth-order valence-electron chi connectivity index (χ4n) is 2.05. The van der Waals surface area contributed by atoms with Crippen LogP contribution in [0.2, 0.25) is 0 Å². The van der Waals surface area contributed by atoms with E-state index in [4.69, 9.17) is 10.3 Å². The lowest BCUT2D eigenvalue weighted by Crippen LogP contribution is -2.05. The van der Waals surface area contributed by atoms with Gasteiger partial charge in [0, 0.05) is 9.79 Å². The lowest BCUT2D eigenvalue weighted by molar-refractivity contribution is -0.138. The molecule has 0 unspecified atom stereocenters. The van der Waals surface area contributed by atoms with Crippen LogP contribution in [0.25, 0.3) is 16.5 Å². The largest absolute Gasteiger partial charge is 0.462 e. The summed E-state index contributed by atoms with van der Waals surface area (Å²) in [6.07, 6.45) is 3.45. The molecule has 0 saturated heterocycles. The van der Waals surface area contributed by atoms with Crippen molar-refractivity contribution in [1.29, 1.82) is 0 Å². The average Bonchev–Trinajstić information content (AvgIpc) is 3.01. The first-order valence-corrected chi connectivity index (χ1v) is 8.16. The van der Waals surface area contributed by atoms with E-state index in [0.717, 1.165) is 17.7 Å². The summed E-state index contributed by atoms with van der Waals surface area (Å²) in [7, 11) is 0. The topological polar surface area (TPSA) is 75.1 Å². The van der Waals surface area contributed by atoms with Crippen LogP contribution in [-0.2, 0) is 22.4 Å². The molecular formula is C17H17N3O2S. The zero-order valence-electron chi connectivity index (χ0n) is 12.8. The smallest absolute Gasteiger partial charge is 0.340 e. The van der Waals surface area contributed by atoms with Crippen molar-refractivity contribution in [3.05, 3.63) is 73.9 Å². The third-order valence-corrected chi connectivity index (χ3v) is 4.06. The second-order valence-electron chi connectivity index (χ2n) is 4.78. The van der Waals surface area contributed by atoms with Crippen LogP contribution in [0.5, 0.6) is 0 Å². The summed E-state index contributed by atoms with van der Waals surface area (Å²) in [5.41, 5.74) is 11.0. The highest BCUT2D eigenvalue weighted by molar-refractivity contribution is 7.11. The molecule has 0 fully saturated rings. The summed E-state index contributed by atoms with van der Waals surface area (Å²) in [4.78, 5) is 15.2. The number of ether oxygens (including phenoxy) is 1. The van der Waals surface area contributed by atoms with Crippen LogP contribution in [0.15, 0.2) is 52.6 Å². The fraction of sp³-hybridized carbons (Fsp3) is 0.235. The van der Waals surface area contributed by atoms with Gasteiger partial charge >= 0.3 is 5.97 Å². The van der Waals surface area contributed by atoms with Crippen LogP contribution >= 0.6 is 11.3 Å². The van der Waals surface area contributed by atoms with Crippen molar-refractivity contribution in [1.82, 2.24) is 0 Å². The van der Waals surface area contributed by atoms with E-state index in [1.807, 2.05) is 29.6 Å². The van der Waals surface area contributed by atoms with E-state index in [1.54, 1.807) is 13.0 Å². The Hall–Kier alpha value is -2.56. The van der Waals surface area contributed by atoms with Crippen molar-refractivity contribution < 1.29 is 9.53 Å². The molecule has 1 aromatic carbocycles. The third-order valence-electron chi connectivity index (χ3n) is 3.14. The van der Waals surface area contributed by atoms with E-state index in [-0.39, 0.29) is 12.3 Å². The molecule has 0 aliphatic rings. The maximum absolute atomic E-state index is 11.7. The zero-order chi connectivity index (χ0) is 16.5. The van der Waals surface area contributed by atoms with E-state index in [9.17, 15) is 4.79 Å². The van der Waals surface area contributed by atoms with E-state index < -0.39 is 5.97 Å². The number of nitrogens with zero attached hydrogens (tertiary/aromatic N) is 3. The molecule has 5 nitrogen and oxygen atoms in total. The molecule has 2 aromatic rings. The molecule has 0 aliphatic heterocycles. The molecule has 1 heterocycles. The minimum Gasteiger partial charge on any atom is -0.462 e. The Labute approximate surface area is 138 Å². The van der Waals surface area contributed by atoms with Gasteiger partial charge in [0.25, 0.3) is 0 Å². The first kappa shape index (κ1) is 16.8. The van der Waals surface area contributed by atoms with Gasteiger partial charge in [-0.15, -0.1) is 11.3 Å². The molecule has 0 aliphatic carbocycles. The lowest BCUT2D eigenvalue weighted by Gasteiger charge is -2.00. The Bertz CT molecular complexity index is 731. The van der Waals surface area contributed by atoms with Crippen molar-refractivity contribution in [3.8, 4) is 0 Å². The summed E-state index contributed by atoms with van der Waals surface area (Å²) in [5.74, 6) is -0.607. The van der Waals surface area contributed by atoms with Gasteiger partial charge in [-0.05, 0) is 53.9 Å². The SMILES string of the molecule is CCOC(=O)C(=Cc1cc(CCc2ccccc2)cs1)N=[N+]=[N-]. The van der Waals surface area contributed by atoms with Gasteiger partial charge in [0.15, 0.2) is 0 Å². The van der Waals surface area contributed by atoms with Crippen molar-refractivity contribution in [2.45, 2.75) is 19.8 Å². The van der Waals surface area contributed by atoms with Gasteiger partial charge in [-0.3, -0.25) is 0 Å². The number of carbonyl (C=O) groups is 1. The number of hydrogen-bond donors (Lipinski definition) is 0. The summed E-state index contributed by atoms with van der Waals surface area (Å²) < 4.78 is 4.87. The Morgan fingerprint density at radius 2 is 2.04 bits per heavy atom. The molecule has 0 atom stereocenters. The summed E-state index contributed by atoms with van der Waals surface area (Å²) in [6, 6.07) is 12.3. The molecular weight excluding hydrogens is 310 g/mol. The van der Waals surface area contributed by atoms with Crippen LogP contribution < -0.4 is 0 Å². The molecule has 118 valence electrons. The highest BCUT2D eigenvalue weighted by Crippen LogP contribution is 2.20. The van der Waals surface area contributed by atoms with Gasteiger partial charge in [0.2, 0.25) is 0 Å². The van der Waals surface area contributed by atoms with Crippen LogP contribution in [0, 0.1) is 0 Å². The van der Waals surface area contributed by atoms with Crippen LogP contribution in [0.1, 0.15) is 22.9 Å². The maximum atomic E-state index is 11.7. The van der Waals surface area contributed by atoms with Gasteiger partial charge in [0.1, 0.15) is 5.70 Å². The molecule has 0 radical (unpaired) electrons. The number of carbonyl (C=O) groups excluding carboxylic acids is 1. The minimum atomic E-state index is -0.607. The van der Waals surface area contributed by atoms with E-state index in [2.05, 4.69) is 22.2 Å². The predicted octanol–water partition coefficient (Wildman–Crippen LogP) is 4.75. The standard InChI is InChI=1S/C17H17N3O2S/c1-2-22-17(21)16(19-20-18)11-15-10-14(12-23-15)9-8-13-6-4-3-5-7-13/h3-7,10-12H,2,8-9H2,1H3. The Morgan fingerprint density at radius 1 is 1.30 bits per heavy atom. The fourth-order valence-corrected chi connectivity index (χ4v) is 2.92. The number of rotatable bonds is 7. The van der Waals surface area contributed by atoms with Crippen molar-refractivity contribution in [2.24, 2.45) is 5.11 Å². The second kappa shape index (κ2) is 8.78. The van der Waals surface area contributed by atoms with Crippen LogP contribution in [0.3, 0.4) is 0 Å². The molecule has 0 bridgehead atoms. The number of azide groups is 1. The van der Waals surface area contributed by atoms with Gasteiger partial charge in [0.05, 0.1) is 6.61 Å². The minimum absolute atomic E-state index is 0.0224. The summed E-state index contributed by atoms with van der Waals surface area (Å²) in [6.45, 7) is 1.95. The monoisotopic (exact) mass is 327 g/mol. The van der Waals surface area contributed by atoms with Crippen molar-refractivity contribution in [2.75, 3.05) is 6.61 Å². The predicted molar refractivity (Wildman–Crippen MR) is 91.9 cm³/mol. The second-order valence-corrected chi connectivity index (χ2v) is 5.73. The van der Waals surface area contributed by atoms with Crippen molar-refractivity contribution >= 4 is 23.4 Å². The molecule has 1 aromatic heterocycles. The van der Waals surface area contributed by atoms with E-state index in [1.165, 1.54) is 22.5 Å². The number of benzene rings is 1.